The summed E-state index contributed by atoms with van der Waals surface area (Å²) in [6, 6.07) is 10.6. The van der Waals surface area contributed by atoms with E-state index in [1.165, 1.54) is 0 Å². The van der Waals surface area contributed by atoms with Crippen LogP contribution in [-0.4, -0.2) is 10.5 Å². The van der Waals surface area contributed by atoms with Gasteiger partial charge in [-0.1, -0.05) is 41.4 Å². The molecule has 25 heavy (non-hydrogen) atoms. The summed E-state index contributed by atoms with van der Waals surface area (Å²) < 4.78 is 1.99. The SMILES string of the molecule is O=C(Nc1cccc(Cl)c1Cl)c1cn2c3c(cccc3c1=O)CCC2. The number of hydrogen-bond donors (Lipinski definition) is 1. The number of hydrogen-bond acceptors (Lipinski definition) is 2. The number of anilines is 1. The number of amides is 1. The number of para-hydroxylation sites is 1. The number of nitrogens with zero attached hydrogens (tertiary/aromatic N) is 1. The van der Waals surface area contributed by atoms with Gasteiger partial charge in [0.05, 0.1) is 21.2 Å². The zero-order valence-electron chi connectivity index (χ0n) is 13.2. The number of carbonyl (C=O) groups excluding carboxylic acids is 1. The fraction of sp³-hybridized carbons (Fsp3) is 0.158. The molecular formula is C19H14Cl2N2O2. The lowest BCUT2D eigenvalue weighted by Gasteiger charge is -2.20. The first-order chi connectivity index (χ1) is 12.1. The third kappa shape index (κ3) is 2.71. The summed E-state index contributed by atoms with van der Waals surface area (Å²) in [5.74, 6) is -0.490. The number of halogens is 2. The van der Waals surface area contributed by atoms with E-state index in [9.17, 15) is 9.59 Å². The van der Waals surface area contributed by atoms with Gasteiger partial charge >= 0.3 is 0 Å². The van der Waals surface area contributed by atoms with Crippen LogP contribution in [0.2, 0.25) is 10.0 Å². The normalized spacial score (nSPS) is 13.0. The molecular weight excluding hydrogens is 359 g/mol. The van der Waals surface area contributed by atoms with E-state index in [1.807, 2.05) is 16.7 Å². The number of nitrogens with one attached hydrogen (secondary N) is 1. The minimum absolute atomic E-state index is 0.0996. The van der Waals surface area contributed by atoms with Crippen LogP contribution in [0.1, 0.15) is 22.3 Å². The quantitative estimate of drug-likeness (QED) is 0.719. The topological polar surface area (TPSA) is 51.1 Å². The molecule has 3 aromatic rings. The maximum atomic E-state index is 12.8. The Hall–Kier alpha value is -2.30. The number of aryl methyl sites for hydroxylation is 2. The maximum absolute atomic E-state index is 12.8. The predicted molar refractivity (Wildman–Crippen MR) is 101 cm³/mol. The van der Waals surface area contributed by atoms with Crippen LogP contribution in [0.25, 0.3) is 10.9 Å². The number of benzene rings is 2. The molecule has 1 amide bonds. The standard InChI is InChI=1S/C19H14Cl2N2O2/c20-14-7-2-8-15(16(14)21)22-19(25)13-10-23-9-3-5-11-4-1-6-12(17(11)23)18(13)24/h1-2,4,6-8,10H,3,5,9H2,(H,22,25). The highest BCUT2D eigenvalue weighted by Crippen LogP contribution is 2.30. The Balaban J connectivity index is 1.82. The molecule has 0 unspecified atom stereocenters. The van der Waals surface area contributed by atoms with Crippen molar-refractivity contribution in [1.82, 2.24) is 4.57 Å². The summed E-state index contributed by atoms with van der Waals surface area (Å²) in [5.41, 5.74) is 2.28. The van der Waals surface area contributed by atoms with Crippen LogP contribution < -0.4 is 10.7 Å². The molecule has 0 atom stereocenters. The predicted octanol–water partition coefficient (Wildman–Crippen LogP) is 4.51. The molecule has 0 radical (unpaired) electrons. The molecule has 1 N–H and O–H groups in total. The first-order valence-electron chi connectivity index (χ1n) is 7.96. The second-order valence-corrected chi connectivity index (χ2v) is 6.82. The van der Waals surface area contributed by atoms with E-state index < -0.39 is 5.91 Å². The van der Waals surface area contributed by atoms with E-state index in [0.717, 1.165) is 30.5 Å². The van der Waals surface area contributed by atoms with Gasteiger partial charge in [0.2, 0.25) is 5.43 Å². The first kappa shape index (κ1) is 16.2. The molecule has 2 aromatic carbocycles. The molecule has 4 nitrogen and oxygen atoms in total. The molecule has 6 heteroatoms. The van der Waals surface area contributed by atoms with E-state index in [1.54, 1.807) is 30.5 Å². The minimum atomic E-state index is -0.490. The Morgan fingerprint density at radius 1 is 1.12 bits per heavy atom. The van der Waals surface area contributed by atoms with Crippen molar-refractivity contribution in [1.29, 1.82) is 0 Å². The van der Waals surface area contributed by atoms with Crippen LogP contribution in [0.3, 0.4) is 0 Å². The number of aromatic nitrogens is 1. The fourth-order valence-corrected chi connectivity index (χ4v) is 3.66. The van der Waals surface area contributed by atoms with E-state index in [4.69, 9.17) is 23.2 Å². The summed E-state index contributed by atoms with van der Waals surface area (Å²) >= 11 is 12.1. The Labute approximate surface area is 154 Å². The monoisotopic (exact) mass is 372 g/mol. The lowest BCUT2D eigenvalue weighted by molar-refractivity contribution is 0.102. The molecule has 0 saturated heterocycles. The summed E-state index contributed by atoms with van der Waals surface area (Å²) in [6.07, 6.45) is 3.57. The third-order valence-electron chi connectivity index (χ3n) is 4.47. The fourth-order valence-electron chi connectivity index (χ4n) is 3.31. The summed E-state index contributed by atoms with van der Waals surface area (Å²) in [4.78, 5) is 25.5. The van der Waals surface area contributed by atoms with Gasteiger partial charge in [0.1, 0.15) is 5.56 Å². The van der Waals surface area contributed by atoms with Gasteiger partial charge in [-0.3, -0.25) is 9.59 Å². The van der Waals surface area contributed by atoms with Crippen LogP contribution >= 0.6 is 23.2 Å². The largest absolute Gasteiger partial charge is 0.346 e. The smallest absolute Gasteiger partial charge is 0.261 e. The molecule has 0 aliphatic carbocycles. The van der Waals surface area contributed by atoms with Gasteiger partial charge in [0.15, 0.2) is 0 Å². The van der Waals surface area contributed by atoms with E-state index >= 15 is 0 Å². The number of carbonyl (C=O) groups is 1. The number of rotatable bonds is 2. The van der Waals surface area contributed by atoms with Crippen molar-refractivity contribution in [3.63, 3.8) is 0 Å². The molecule has 0 spiro atoms. The van der Waals surface area contributed by atoms with Crippen molar-refractivity contribution in [3.05, 3.63) is 74.0 Å². The molecule has 0 bridgehead atoms. The first-order valence-corrected chi connectivity index (χ1v) is 8.72. The Bertz CT molecular complexity index is 1070. The van der Waals surface area contributed by atoms with Crippen molar-refractivity contribution in [3.8, 4) is 0 Å². The highest BCUT2D eigenvalue weighted by molar-refractivity contribution is 6.44. The van der Waals surface area contributed by atoms with Gasteiger partial charge in [-0.05, 0) is 36.6 Å². The van der Waals surface area contributed by atoms with Gasteiger partial charge in [0, 0.05) is 18.1 Å². The molecule has 4 rings (SSSR count). The molecule has 1 aliphatic heterocycles. The maximum Gasteiger partial charge on any atom is 0.261 e. The third-order valence-corrected chi connectivity index (χ3v) is 5.29. The Morgan fingerprint density at radius 2 is 1.92 bits per heavy atom. The van der Waals surface area contributed by atoms with Crippen LogP contribution in [0.4, 0.5) is 5.69 Å². The molecule has 2 heterocycles. The van der Waals surface area contributed by atoms with Crippen LogP contribution in [0, 0.1) is 0 Å². The van der Waals surface area contributed by atoms with Crippen molar-refractivity contribution in [2.24, 2.45) is 0 Å². The van der Waals surface area contributed by atoms with Gasteiger partial charge in [0.25, 0.3) is 5.91 Å². The minimum Gasteiger partial charge on any atom is -0.346 e. The number of pyridine rings is 1. The summed E-state index contributed by atoms with van der Waals surface area (Å²) in [6.45, 7) is 0.784. The van der Waals surface area contributed by atoms with Crippen LogP contribution in [0.15, 0.2) is 47.4 Å². The van der Waals surface area contributed by atoms with Gasteiger partial charge < -0.3 is 9.88 Å². The molecule has 0 fully saturated rings. The molecule has 0 saturated carbocycles. The lowest BCUT2D eigenvalue weighted by atomic mass is 10.00. The Morgan fingerprint density at radius 3 is 2.76 bits per heavy atom. The second-order valence-electron chi connectivity index (χ2n) is 6.04. The van der Waals surface area contributed by atoms with E-state index in [0.29, 0.717) is 16.1 Å². The van der Waals surface area contributed by atoms with E-state index in [-0.39, 0.29) is 16.0 Å². The Kier molecular flexibility index (Phi) is 4.02. The van der Waals surface area contributed by atoms with Crippen molar-refractivity contribution >= 4 is 45.7 Å². The summed E-state index contributed by atoms with van der Waals surface area (Å²) in [7, 11) is 0. The van der Waals surface area contributed by atoms with Crippen LogP contribution in [-0.2, 0) is 13.0 Å². The summed E-state index contributed by atoms with van der Waals surface area (Å²) in [5, 5.41) is 3.85. The van der Waals surface area contributed by atoms with Crippen molar-refractivity contribution < 1.29 is 4.79 Å². The zero-order chi connectivity index (χ0) is 17.6. The van der Waals surface area contributed by atoms with Crippen molar-refractivity contribution in [2.75, 3.05) is 5.32 Å². The highest BCUT2D eigenvalue weighted by atomic mass is 35.5. The van der Waals surface area contributed by atoms with Crippen molar-refractivity contribution in [2.45, 2.75) is 19.4 Å². The highest BCUT2D eigenvalue weighted by Gasteiger charge is 2.20. The average Bonchev–Trinajstić information content (AvgIpc) is 2.62. The van der Waals surface area contributed by atoms with Gasteiger partial charge in [-0.25, -0.2) is 0 Å². The van der Waals surface area contributed by atoms with Crippen LogP contribution in [0.5, 0.6) is 0 Å². The lowest BCUT2D eigenvalue weighted by Crippen LogP contribution is -2.25. The molecule has 1 aromatic heterocycles. The molecule has 126 valence electrons. The van der Waals surface area contributed by atoms with Gasteiger partial charge in [-0.15, -0.1) is 0 Å². The average molecular weight is 373 g/mol. The second kappa shape index (κ2) is 6.21. The van der Waals surface area contributed by atoms with E-state index in [2.05, 4.69) is 5.32 Å². The molecule has 1 aliphatic rings. The zero-order valence-corrected chi connectivity index (χ0v) is 14.7. The van der Waals surface area contributed by atoms with Gasteiger partial charge in [-0.2, -0.15) is 0 Å².